The third-order valence-electron chi connectivity index (χ3n) is 6.43. The molecule has 1 N–H and O–H groups in total. The zero-order valence-corrected chi connectivity index (χ0v) is 21.2. The summed E-state index contributed by atoms with van der Waals surface area (Å²) in [5.74, 6) is 2.80. The first-order valence-corrected chi connectivity index (χ1v) is 12.4. The Morgan fingerprint density at radius 2 is 1.89 bits per heavy atom. The van der Waals surface area contributed by atoms with Crippen LogP contribution in [0.3, 0.4) is 0 Å². The molecule has 3 aliphatic rings. The summed E-state index contributed by atoms with van der Waals surface area (Å²) in [5, 5.41) is 3.91. The molecule has 5 rings (SSSR count). The number of rotatable bonds is 7. The van der Waals surface area contributed by atoms with E-state index >= 15 is 0 Å². The van der Waals surface area contributed by atoms with Crippen LogP contribution in [0.1, 0.15) is 25.0 Å². The molecule has 0 saturated carbocycles. The maximum atomic E-state index is 6.72. The molecule has 1 aromatic carbocycles. The Morgan fingerprint density at radius 3 is 2.63 bits per heavy atom. The topological polar surface area (TPSA) is 75.1 Å². The van der Waals surface area contributed by atoms with Gasteiger partial charge in [-0.15, -0.1) is 0 Å². The number of halogens is 1. The zero-order valence-electron chi connectivity index (χ0n) is 20.5. The Bertz CT molecular complexity index is 1200. The Labute approximate surface area is 211 Å². The second-order valence-corrected chi connectivity index (χ2v) is 9.63. The Hall–Kier alpha value is -2.94. The van der Waals surface area contributed by atoms with Crippen molar-refractivity contribution < 1.29 is 9.47 Å². The van der Waals surface area contributed by atoms with Gasteiger partial charge in [-0.25, -0.2) is 0 Å². The summed E-state index contributed by atoms with van der Waals surface area (Å²) in [6.07, 6.45) is 5.06. The molecule has 0 bridgehead atoms. The van der Waals surface area contributed by atoms with E-state index in [0.29, 0.717) is 23.1 Å². The Kier molecular flexibility index (Phi) is 7.04. The molecule has 0 radical (unpaired) electrons. The molecule has 35 heavy (non-hydrogen) atoms. The molecule has 2 aromatic rings. The minimum atomic E-state index is 0.256. The van der Waals surface area contributed by atoms with Gasteiger partial charge in [-0.2, -0.15) is 9.97 Å². The standard InChI is InChI=1S/C26H31ClN6O2/c1-17-12-19-4-5-21(25(27)20(19)13-17)35-26-30-23(29-22-14-18(2)16-28-22)15-24(31-26)33-8-6-32(7-9-33)10-11-34-3/h4-5,13-15H,6-12,16H2,1-3H3,(H,28,29,30,31). The summed E-state index contributed by atoms with van der Waals surface area (Å²) in [4.78, 5) is 18.6. The number of allylic oxidation sites excluding steroid dienone is 1. The molecule has 0 atom stereocenters. The van der Waals surface area contributed by atoms with E-state index in [9.17, 15) is 0 Å². The van der Waals surface area contributed by atoms with Crippen molar-refractivity contribution in [3.63, 3.8) is 0 Å². The molecule has 2 aliphatic heterocycles. The largest absolute Gasteiger partial charge is 0.423 e. The lowest BCUT2D eigenvalue weighted by molar-refractivity contribution is 0.144. The number of amidine groups is 1. The van der Waals surface area contributed by atoms with E-state index in [1.165, 1.54) is 16.7 Å². The van der Waals surface area contributed by atoms with Gasteiger partial charge in [-0.05, 0) is 43.5 Å². The number of nitrogens with zero attached hydrogens (tertiary/aromatic N) is 5. The highest BCUT2D eigenvalue weighted by molar-refractivity contribution is 6.33. The lowest BCUT2D eigenvalue weighted by Gasteiger charge is -2.35. The lowest BCUT2D eigenvalue weighted by atomic mass is 10.1. The maximum absolute atomic E-state index is 6.72. The minimum absolute atomic E-state index is 0.256. The molecular weight excluding hydrogens is 464 g/mol. The number of benzene rings is 1. The third kappa shape index (κ3) is 5.50. The van der Waals surface area contributed by atoms with Gasteiger partial charge in [0, 0.05) is 51.5 Å². The summed E-state index contributed by atoms with van der Waals surface area (Å²) in [6.45, 7) is 10.2. The third-order valence-corrected chi connectivity index (χ3v) is 6.82. The number of methoxy groups -OCH3 is 1. The van der Waals surface area contributed by atoms with Gasteiger partial charge in [0.1, 0.15) is 23.2 Å². The van der Waals surface area contributed by atoms with E-state index < -0.39 is 0 Å². The Balaban J connectivity index is 1.40. The van der Waals surface area contributed by atoms with Gasteiger partial charge in [-0.1, -0.05) is 29.3 Å². The number of hydrogen-bond donors (Lipinski definition) is 1. The highest BCUT2D eigenvalue weighted by Gasteiger charge is 2.22. The molecule has 9 heteroatoms. The number of nitrogens with one attached hydrogen (secondary N) is 1. The van der Waals surface area contributed by atoms with Crippen LogP contribution in [0.5, 0.6) is 11.8 Å². The Morgan fingerprint density at radius 1 is 1.06 bits per heavy atom. The fraction of sp³-hybridized carbons (Fsp3) is 0.423. The van der Waals surface area contributed by atoms with Crippen LogP contribution in [0.25, 0.3) is 6.08 Å². The number of ether oxygens (including phenoxy) is 2. The molecule has 3 heterocycles. The molecule has 1 aromatic heterocycles. The summed E-state index contributed by atoms with van der Waals surface area (Å²) in [5.41, 5.74) is 4.72. The van der Waals surface area contributed by atoms with Crippen LogP contribution < -0.4 is 15.0 Å². The SMILES string of the molecule is COCCN1CCN(c2cc(NC3=NCC(C)=C3)nc(Oc3ccc4c(c3Cl)C=C(C)C4)n2)CC1. The fourth-order valence-corrected chi connectivity index (χ4v) is 4.82. The first-order chi connectivity index (χ1) is 17.0. The number of aromatic nitrogens is 2. The number of fused-ring (bicyclic) bond motifs is 1. The van der Waals surface area contributed by atoms with E-state index in [4.69, 9.17) is 26.1 Å². The van der Waals surface area contributed by atoms with Gasteiger partial charge in [0.2, 0.25) is 0 Å². The number of piperazine rings is 1. The van der Waals surface area contributed by atoms with E-state index in [2.05, 4.69) is 51.1 Å². The van der Waals surface area contributed by atoms with Crippen LogP contribution in [0.2, 0.25) is 5.02 Å². The molecule has 0 amide bonds. The molecule has 0 spiro atoms. The fourth-order valence-electron chi connectivity index (χ4n) is 4.55. The second kappa shape index (κ2) is 10.4. The van der Waals surface area contributed by atoms with Crippen LogP contribution in [-0.2, 0) is 11.2 Å². The summed E-state index contributed by atoms with van der Waals surface area (Å²) in [7, 11) is 1.74. The minimum Gasteiger partial charge on any atom is -0.423 e. The van der Waals surface area contributed by atoms with Gasteiger partial charge in [0.15, 0.2) is 0 Å². The average Bonchev–Trinajstić information content (AvgIpc) is 3.44. The van der Waals surface area contributed by atoms with E-state index in [1.54, 1.807) is 7.11 Å². The van der Waals surface area contributed by atoms with Gasteiger partial charge >= 0.3 is 6.01 Å². The van der Waals surface area contributed by atoms with Crippen molar-refractivity contribution in [2.45, 2.75) is 20.3 Å². The first kappa shape index (κ1) is 23.8. The van der Waals surface area contributed by atoms with E-state index in [0.717, 1.165) is 63.0 Å². The lowest BCUT2D eigenvalue weighted by Crippen LogP contribution is -2.47. The van der Waals surface area contributed by atoms with Gasteiger partial charge in [0.25, 0.3) is 0 Å². The molecule has 184 valence electrons. The number of anilines is 2. The van der Waals surface area contributed by atoms with Crippen LogP contribution in [0.4, 0.5) is 11.6 Å². The molecule has 8 nitrogen and oxygen atoms in total. The zero-order chi connectivity index (χ0) is 24.4. The number of hydrogen-bond acceptors (Lipinski definition) is 8. The normalized spacial score (nSPS) is 17.7. The molecule has 1 saturated heterocycles. The van der Waals surface area contributed by atoms with E-state index in [-0.39, 0.29) is 6.01 Å². The van der Waals surface area contributed by atoms with Crippen molar-refractivity contribution in [2.24, 2.45) is 4.99 Å². The van der Waals surface area contributed by atoms with Gasteiger partial charge in [0.05, 0.1) is 18.2 Å². The van der Waals surface area contributed by atoms with Crippen molar-refractivity contribution in [1.29, 1.82) is 0 Å². The molecule has 1 aliphatic carbocycles. The highest BCUT2D eigenvalue weighted by atomic mass is 35.5. The van der Waals surface area contributed by atoms with Crippen LogP contribution in [0, 0.1) is 0 Å². The quantitative estimate of drug-likeness (QED) is 0.610. The summed E-state index contributed by atoms with van der Waals surface area (Å²) >= 11 is 6.72. The molecule has 1 fully saturated rings. The first-order valence-electron chi connectivity index (χ1n) is 12.0. The van der Waals surface area contributed by atoms with Gasteiger partial charge in [-0.3, -0.25) is 9.89 Å². The maximum Gasteiger partial charge on any atom is 0.325 e. The summed E-state index contributed by atoms with van der Waals surface area (Å²) in [6, 6.07) is 6.18. The highest BCUT2D eigenvalue weighted by Crippen LogP contribution is 2.38. The van der Waals surface area contributed by atoms with Crippen LogP contribution >= 0.6 is 11.6 Å². The molecular formula is C26H31ClN6O2. The van der Waals surface area contributed by atoms with Gasteiger partial charge < -0.3 is 19.7 Å². The average molecular weight is 495 g/mol. The van der Waals surface area contributed by atoms with Crippen molar-refractivity contribution >= 4 is 35.1 Å². The van der Waals surface area contributed by atoms with E-state index in [1.807, 2.05) is 18.2 Å². The molecule has 0 unspecified atom stereocenters. The van der Waals surface area contributed by atoms with Crippen molar-refractivity contribution in [3.05, 3.63) is 51.6 Å². The van der Waals surface area contributed by atoms with Crippen molar-refractivity contribution in [3.8, 4) is 11.8 Å². The predicted molar refractivity (Wildman–Crippen MR) is 141 cm³/mol. The van der Waals surface area contributed by atoms with Crippen molar-refractivity contribution in [1.82, 2.24) is 14.9 Å². The summed E-state index contributed by atoms with van der Waals surface area (Å²) < 4.78 is 11.4. The second-order valence-electron chi connectivity index (χ2n) is 9.25. The van der Waals surface area contributed by atoms with Crippen LogP contribution in [0.15, 0.2) is 40.4 Å². The van der Waals surface area contributed by atoms with Crippen molar-refractivity contribution in [2.75, 3.05) is 63.2 Å². The monoisotopic (exact) mass is 494 g/mol. The predicted octanol–water partition coefficient (Wildman–Crippen LogP) is 4.42. The smallest absolute Gasteiger partial charge is 0.325 e. The van der Waals surface area contributed by atoms with Crippen LogP contribution in [-0.4, -0.2) is 73.7 Å². The number of aliphatic imine (C=N–C) groups is 1.